The Balaban J connectivity index is 0.000000139. The summed E-state index contributed by atoms with van der Waals surface area (Å²) in [7, 11) is 0. The SMILES string of the molecule is C1=CC=CNC=C1.O=[N+]([O-])O.OC12CC3CC(CC(C3)C1)C2. The van der Waals surface area contributed by atoms with Gasteiger partial charge in [0.15, 0.2) is 0 Å². The highest BCUT2D eigenvalue weighted by molar-refractivity contribution is 5.14. The van der Waals surface area contributed by atoms with Crippen LogP contribution in [0.3, 0.4) is 0 Å². The van der Waals surface area contributed by atoms with E-state index in [9.17, 15) is 5.11 Å². The Morgan fingerprint density at radius 3 is 1.64 bits per heavy atom. The van der Waals surface area contributed by atoms with Crippen molar-refractivity contribution in [2.45, 2.75) is 44.1 Å². The van der Waals surface area contributed by atoms with E-state index < -0.39 is 5.09 Å². The van der Waals surface area contributed by atoms with E-state index in [1.54, 1.807) is 0 Å². The zero-order chi connectivity index (χ0) is 16.0. The fraction of sp³-hybridized carbons (Fsp3) is 0.625. The molecule has 4 aliphatic carbocycles. The van der Waals surface area contributed by atoms with E-state index in [-0.39, 0.29) is 5.60 Å². The third kappa shape index (κ3) is 5.18. The van der Waals surface area contributed by atoms with Crippen LogP contribution in [0.15, 0.2) is 36.7 Å². The van der Waals surface area contributed by atoms with Crippen LogP contribution in [0.25, 0.3) is 0 Å². The van der Waals surface area contributed by atoms with Crippen molar-refractivity contribution in [1.82, 2.24) is 5.32 Å². The molecular weight excluding hydrogens is 284 g/mol. The normalized spacial score (nSPS) is 36.3. The molecule has 0 atom stereocenters. The van der Waals surface area contributed by atoms with Crippen LogP contribution in [0.4, 0.5) is 0 Å². The predicted molar refractivity (Wildman–Crippen MR) is 82.5 cm³/mol. The van der Waals surface area contributed by atoms with Crippen LogP contribution < -0.4 is 5.32 Å². The number of hydrogen-bond donors (Lipinski definition) is 3. The average Bonchev–Trinajstić information content (AvgIpc) is 2.67. The Hall–Kier alpha value is -1.82. The van der Waals surface area contributed by atoms with Gasteiger partial charge >= 0.3 is 0 Å². The first kappa shape index (κ1) is 16.5. The molecule has 122 valence electrons. The van der Waals surface area contributed by atoms with Crippen LogP contribution in [-0.2, 0) is 0 Å². The number of allylic oxidation sites excluding steroid dienone is 4. The van der Waals surface area contributed by atoms with Crippen molar-refractivity contribution < 1.29 is 15.4 Å². The minimum atomic E-state index is -1.50. The van der Waals surface area contributed by atoms with Gasteiger partial charge in [-0.05, 0) is 68.4 Å². The Labute approximate surface area is 130 Å². The van der Waals surface area contributed by atoms with Crippen molar-refractivity contribution in [3.63, 3.8) is 0 Å². The third-order valence-electron chi connectivity index (χ3n) is 4.72. The van der Waals surface area contributed by atoms with E-state index in [2.05, 4.69) is 5.32 Å². The molecule has 6 nitrogen and oxygen atoms in total. The molecule has 0 amide bonds. The largest absolute Gasteiger partial charge is 0.390 e. The molecule has 1 aliphatic heterocycles. The molecule has 5 rings (SSSR count). The average molecular weight is 308 g/mol. The highest BCUT2D eigenvalue weighted by Crippen LogP contribution is 2.55. The van der Waals surface area contributed by atoms with Gasteiger partial charge in [-0.1, -0.05) is 12.2 Å². The second-order valence-corrected chi connectivity index (χ2v) is 6.65. The lowest BCUT2D eigenvalue weighted by molar-refractivity contribution is -0.742. The summed E-state index contributed by atoms with van der Waals surface area (Å²) < 4.78 is 0. The molecule has 3 N–H and O–H groups in total. The van der Waals surface area contributed by atoms with Crippen LogP contribution in [0, 0.1) is 27.9 Å². The molecule has 4 fully saturated rings. The molecule has 0 aromatic rings. The standard InChI is InChI=1S/C10H16O.C6H7N.HNO3/c11-10-4-7-1-8(5-10)3-9(2-7)6-10;1-2-4-6-7-5-3-1;2-1(3)4/h7-9,11H,1-6H2;1-7H;(H,2,3,4). The van der Waals surface area contributed by atoms with E-state index in [4.69, 9.17) is 15.3 Å². The van der Waals surface area contributed by atoms with Gasteiger partial charge in [0.25, 0.3) is 5.09 Å². The molecule has 0 aromatic heterocycles. The minimum absolute atomic E-state index is 0.200. The van der Waals surface area contributed by atoms with Crippen LogP contribution >= 0.6 is 0 Å². The van der Waals surface area contributed by atoms with Crippen molar-refractivity contribution in [1.29, 1.82) is 0 Å². The molecule has 6 heteroatoms. The number of hydrogen-bond acceptors (Lipinski definition) is 4. The van der Waals surface area contributed by atoms with Gasteiger partial charge in [0.1, 0.15) is 0 Å². The topological polar surface area (TPSA) is 95.6 Å². The van der Waals surface area contributed by atoms with Crippen LogP contribution in [-0.4, -0.2) is 21.0 Å². The molecule has 0 unspecified atom stereocenters. The molecule has 0 spiro atoms. The summed E-state index contributed by atoms with van der Waals surface area (Å²) in [6.07, 6.45) is 19.2. The summed E-state index contributed by atoms with van der Waals surface area (Å²) in [5.41, 5.74) is -0.200. The number of nitrogens with zero attached hydrogens (tertiary/aromatic N) is 1. The van der Waals surface area contributed by atoms with Gasteiger partial charge in [-0.3, -0.25) is 0 Å². The zero-order valence-electron chi connectivity index (χ0n) is 12.6. The molecule has 0 radical (unpaired) electrons. The summed E-state index contributed by atoms with van der Waals surface area (Å²) in [5.74, 6) is 2.68. The molecule has 0 aromatic carbocycles. The fourth-order valence-corrected chi connectivity index (χ4v) is 4.47. The van der Waals surface area contributed by atoms with Crippen molar-refractivity contribution >= 4 is 0 Å². The van der Waals surface area contributed by atoms with Gasteiger partial charge in [-0.25, -0.2) is 0 Å². The Morgan fingerprint density at radius 2 is 1.32 bits per heavy atom. The minimum Gasteiger partial charge on any atom is -0.390 e. The first-order chi connectivity index (χ1) is 10.5. The molecule has 5 aliphatic rings. The molecular formula is C16H24N2O4. The van der Waals surface area contributed by atoms with E-state index in [0.29, 0.717) is 0 Å². The number of rotatable bonds is 0. The molecule has 0 saturated heterocycles. The maximum atomic E-state index is 10.1. The second kappa shape index (κ2) is 7.45. The quantitative estimate of drug-likeness (QED) is 0.472. The first-order valence-electron chi connectivity index (χ1n) is 7.77. The van der Waals surface area contributed by atoms with Crippen molar-refractivity contribution in [3.05, 3.63) is 46.8 Å². The van der Waals surface area contributed by atoms with E-state index in [0.717, 1.165) is 37.0 Å². The van der Waals surface area contributed by atoms with Gasteiger partial charge in [0.2, 0.25) is 0 Å². The fourth-order valence-electron chi connectivity index (χ4n) is 4.47. The maximum Gasteiger partial charge on any atom is 0.291 e. The lowest BCUT2D eigenvalue weighted by atomic mass is 9.54. The van der Waals surface area contributed by atoms with Crippen molar-refractivity contribution in [2.24, 2.45) is 17.8 Å². The maximum absolute atomic E-state index is 10.1. The van der Waals surface area contributed by atoms with E-state index in [1.165, 1.54) is 19.3 Å². The second-order valence-electron chi connectivity index (χ2n) is 6.65. The summed E-state index contributed by atoms with van der Waals surface area (Å²) in [6, 6.07) is 0. The van der Waals surface area contributed by atoms with Crippen LogP contribution in [0.1, 0.15) is 38.5 Å². The molecule has 4 bridgehead atoms. The predicted octanol–water partition coefficient (Wildman–Crippen LogP) is 2.77. The Bertz CT molecular complexity index is 417. The summed E-state index contributed by atoms with van der Waals surface area (Å²) in [4.78, 5) is 8.36. The Kier molecular flexibility index (Phi) is 5.60. The lowest BCUT2D eigenvalue weighted by Crippen LogP contribution is -2.50. The third-order valence-corrected chi connectivity index (χ3v) is 4.72. The summed E-state index contributed by atoms with van der Waals surface area (Å²) in [6.45, 7) is 0. The molecule has 22 heavy (non-hydrogen) atoms. The van der Waals surface area contributed by atoms with E-state index >= 15 is 0 Å². The smallest absolute Gasteiger partial charge is 0.291 e. The highest BCUT2D eigenvalue weighted by atomic mass is 16.9. The Morgan fingerprint density at radius 1 is 0.955 bits per heavy atom. The number of aliphatic hydroxyl groups is 1. The van der Waals surface area contributed by atoms with E-state index in [1.807, 2.05) is 36.7 Å². The van der Waals surface area contributed by atoms with Gasteiger partial charge in [-0.15, -0.1) is 10.1 Å². The zero-order valence-corrected chi connectivity index (χ0v) is 12.6. The highest BCUT2D eigenvalue weighted by Gasteiger charge is 2.49. The van der Waals surface area contributed by atoms with Crippen LogP contribution in [0.2, 0.25) is 0 Å². The van der Waals surface area contributed by atoms with Crippen LogP contribution in [0.5, 0.6) is 0 Å². The van der Waals surface area contributed by atoms with Gasteiger partial charge in [0, 0.05) is 12.4 Å². The van der Waals surface area contributed by atoms with Crippen molar-refractivity contribution in [2.75, 3.05) is 0 Å². The van der Waals surface area contributed by atoms with Crippen molar-refractivity contribution in [3.8, 4) is 0 Å². The summed E-state index contributed by atoms with van der Waals surface area (Å²) in [5, 5.41) is 26.7. The monoisotopic (exact) mass is 308 g/mol. The van der Waals surface area contributed by atoms with Gasteiger partial charge in [-0.2, -0.15) is 0 Å². The first-order valence-corrected chi connectivity index (χ1v) is 7.77. The lowest BCUT2D eigenvalue weighted by Gasteiger charge is -2.54. The molecule has 4 saturated carbocycles. The molecule has 1 heterocycles. The van der Waals surface area contributed by atoms with Gasteiger partial charge in [0.05, 0.1) is 5.60 Å². The number of nitrogens with one attached hydrogen (secondary N) is 1. The summed E-state index contributed by atoms with van der Waals surface area (Å²) >= 11 is 0. The van der Waals surface area contributed by atoms with Gasteiger partial charge < -0.3 is 15.6 Å².